The first-order valence-corrected chi connectivity index (χ1v) is 8.77. The van der Waals surface area contributed by atoms with Crippen molar-refractivity contribution in [2.75, 3.05) is 0 Å². The van der Waals surface area contributed by atoms with Crippen LogP contribution < -0.4 is 43.4 Å². The monoisotopic (exact) mass is 405 g/mol. The highest BCUT2D eigenvalue weighted by Gasteiger charge is 3.00. The first kappa shape index (κ1) is 36.0. The second-order valence-corrected chi connectivity index (χ2v) is 13.8. The third-order valence-corrected chi connectivity index (χ3v) is 0. The molecule has 0 aromatic heterocycles. The van der Waals surface area contributed by atoms with Crippen LogP contribution in [0.15, 0.2) is 0 Å². The van der Waals surface area contributed by atoms with Gasteiger partial charge in [0.1, 0.15) is 0 Å². The highest BCUT2D eigenvalue weighted by Crippen LogP contribution is 2.23. The predicted octanol–water partition coefficient (Wildman–Crippen LogP) is -5.11. The Bertz CT molecular complexity index is 51.7. The number of alkyl halides is 3. The Hall–Kier alpha value is 2.83. The lowest BCUT2D eigenvalue weighted by Crippen LogP contribution is -3.00. The smallest absolute Gasteiger partial charge is 1.00 e. The van der Waals surface area contributed by atoms with Crippen molar-refractivity contribution in [1.29, 1.82) is 0 Å². The van der Waals surface area contributed by atoms with E-state index < -0.39 is 9.61 Å². The molecule has 0 atom stereocenters. The fourth-order valence-electron chi connectivity index (χ4n) is 0. The number of halogens is 10. The van der Waals surface area contributed by atoms with E-state index in [1.54, 1.807) is 0 Å². The molecular formula is CHCl10NSi. The van der Waals surface area contributed by atoms with Gasteiger partial charge in [-0.2, -0.15) is 0 Å². The summed E-state index contributed by atoms with van der Waals surface area (Å²) < 4.78 is -0.750. The van der Waals surface area contributed by atoms with Crippen LogP contribution in [0.1, 0.15) is 0 Å². The molecule has 0 spiro atoms. The summed E-state index contributed by atoms with van der Waals surface area (Å²) in [6.07, 6.45) is 0. The van der Waals surface area contributed by atoms with Crippen LogP contribution in [0.5, 0.6) is 0 Å². The Labute approximate surface area is 131 Å². The van der Waals surface area contributed by atoms with Crippen molar-refractivity contribution in [3.63, 3.8) is 0 Å². The second-order valence-electron chi connectivity index (χ2n) is 0.676. The molecular weight excluding hydrogens is 409 g/mol. The molecule has 12 heteroatoms. The van der Waals surface area contributed by atoms with Gasteiger partial charge in [-0.3, -0.25) is 0 Å². The zero-order valence-corrected chi connectivity index (χ0v) is 13.9. The van der Waals surface area contributed by atoms with Crippen LogP contribution in [0.3, 0.4) is 0 Å². The number of hydrogen-bond acceptors (Lipinski definition) is 0. The van der Waals surface area contributed by atoms with Gasteiger partial charge in [0.2, 0.25) is 0 Å². The third kappa shape index (κ3) is 305. The zero-order valence-electron chi connectivity index (χ0n) is 5.30. The van der Waals surface area contributed by atoms with Gasteiger partial charge >= 0.3 is 11.5 Å². The van der Waals surface area contributed by atoms with Gasteiger partial charge < -0.3 is 37.2 Å². The van der Waals surface area contributed by atoms with E-state index in [0.29, 0.717) is 0 Å². The molecule has 2 radical (unpaired) electrons. The standard InChI is InChI=1S/CHCl3.Cl4Si.3ClH.N/c2-1(3)4;1-5(2,3)4;;;;/h1H;;3*1H;/q;;;;;+3/p-3. The predicted molar refractivity (Wildman–Crippen MR) is 52.6 cm³/mol. The Morgan fingerprint density at radius 2 is 0.692 bits per heavy atom. The van der Waals surface area contributed by atoms with Gasteiger partial charge in [0.15, 0.2) is 4.30 Å². The molecule has 0 aromatic carbocycles. The van der Waals surface area contributed by atoms with Crippen molar-refractivity contribution in [3.8, 4) is 0 Å². The molecule has 0 bridgehead atoms. The molecule has 1 nitrogen and oxygen atoms in total. The van der Waals surface area contributed by atoms with Gasteiger partial charge in [0.25, 0.3) is 0 Å². The Morgan fingerprint density at radius 3 is 0.692 bits per heavy atom. The molecule has 0 aliphatic heterocycles. The van der Waals surface area contributed by atoms with Gasteiger partial charge in [-0.05, 0) is 0 Å². The lowest BCUT2D eigenvalue weighted by Gasteiger charge is -1.85. The summed E-state index contributed by atoms with van der Waals surface area (Å²) in [4.78, 5) is 0. The van der Waals surface area contributed by atoms with Crippen LogP contribution in [0.4, 0.5) is 0 Å². The molecule has 0 aliphatic carbocycles. The number of hydrogen-bond donors (Lipinski definition) is 0. The molecule has 0 N–H and O–H groups in total. The maximum atomic E-state index is 4.97. The minimum atomic E-state index is -2.72. The average Bonchev–Trinajstić information content (AvgIpc) is 1.19. The quantitative estimate of drug-likeness (QED) is 0.218. The maximum Gasteiger partial charge on any atom is 3.00 e. The first-order chi connectivity index (χ1) is 3.73. The molecule has 0 rings (SSSR count). The minimum Gasteiger partial charge on any atom is -1.00 e. The zero-order chi connectivity index (χ0) is 8.08. The molecule has 0 aromatic rings. The van der Waals surface area contributed by atoms with Gasteiger partial charge in [-0.15, -0.1) is 44.3 Å². The van der Waals surface area contributed by atoms with E-state index in [4.69, 9.17) is 79.1 Å². The fraction of sp³-hybridized carbons (Fsp3) is 1.00. The largest absolute Gasteiger partial charge is 3.00 e. The van der Waals surface area contributed by atoms with Crippen LogP contribution in [0, 0.1) is 0 Å². The molecule has 0 saturated carbocycles. The topological polar surface area (TPSA) is 30.5 Å². The molecule has 0 amide bonds. The summed E-state index contributed by atoms with van der Waals surface area (Å²) in [5, 5.41) is -2.72. The number of nitrogens with zero attached hydrogens (tertiary/aromatic N) is 1. The first-order valence-electron chi connectivity index (χ1n) is 1.41. The SMILES string of the molecule is ClC(Cl)Cl.Cl[Si](Cl)(Cl)Cl.[Cl-].[Cl-].[Cl-].[N+3]. The third-order valence-electron chi connectivity index (χ3n) is 0. The van der Waals surface area contributed by atoms with Crippen molar-refractivity contribution in [3.05, 3.63) is 0 Å². The van der Waals surface area contributed by atoms with Crippen LogP contribution in [-0.2, 0) is 0 Å². The molecule has 0 unspecified atom stereocenters. The van der Waals surface area contributed by atoms with Crippen molar-refractivity contribution < 1.29 is 37.2 Å². The van der Waals surface area contributed by atoms with E-state index in [0.717, 1.165) is 0 Å². The average molecular weight is 410 g/mol. The highest BCUT2D eigenvalue weighted by atomic mass is 36.0. The molecule has 84 valence electrons. The van der Waals surface area contributed by atoms with E-state index in [1.165, 1.54) is 0 Å². The summed E-state index contributed by atoms with van der Waals surface area (Å²) in [6.45, 7) is 0. The molecule has 0 saturated heterocycles. The van der Waals surface area contributed by atoms with E-state index >= 15 is 0 Å². The van der Waals surface area contributed by atoms with Gasteiger partial charge in [-0.25, -0.2) is 0 Å². The molecule has 0 heterocycles. The van der Waals surface area contributed by atoms with Crippen LogP contribution >= 0.6 is 79.1 Å². The minimum absolute atomic E-state index is 0. The van der Waals surface area contributed by atoms with Gasteiger partial charge in [-0.1, -0.05) is 34.8 Å². The maximum absolute atomic E-state index is 4.97. The van der Waals surface area contributed by atoms with Crippen LogP contribution in [0.2, 0.25) is 0 Å². The lowest BCUT2D eigenvalue weighted by atomic mass is 11.9. The summed E-state index contributed by atoms with van der Waals surface area (Å²) in [7, 11) is 0. The second kappa shape index (κ2) is 20.3. The van der Waals surface area contributed by atoms with Crippen LogP contribution in [-0.4, -0.2) is 9.61 Å². The lowest BCUT2D eigenvalue weighted by molar-refractivity contribution is -0.001000. The summed E-state index contributed by atoms with van der Waals surface area (Å²) >= 11 is 34.3. The normalized spacial score (nSPS) is 7.38. The molecule has 0 fully saturated rings. The highest BCUT2D eigenvalue weighted by molar-refractivity contribution is 7.81. The van der Waals surface area contributed by atoms with Crippen molar-refractivity contribution in [2.24, 2.45) is 0 Å². The van der Waals surface area contributed by atoms with Crippen LogP contribution in [0.25, 0.3) is 0 Å². The van der Waals surface area contributed by atoms with Crippen molar-refractivity contribution >= 4 is 84.4 Å². The van der Waals surface area contributed by atoms with Gasteiger partial charge in [0.05, 0.1) is 0 Å². The van der Waals surface area contributed by atoms with Crippen molar-refractivity contribution in [1.82, 2.24) is 6.15 Å². The molecule has 0 aliphatic rings. The van der Waals surface area contributed by atoms with E-state index in [2.05, 4.69) is 0 Å². The van der Waals surface area contributed by atoms with Gasteiger partial charge in [0, 0.05) is 0 Å². The fourth-order valence-corrected chi connectivity index (χ4v) is 0. The molecule has 13 heavy (non-hydrogen) atoms. The summed E-state index contributed by atoms with van der Waals surface area (Å²) in [5.74, 6) is 0. The Kier molecular flexibility index (Phi) is 56.2. The Morgan fingerprint density at radius 1 is 0.692 bits per heavy atom. The van der Waals surface area contributed by atoms with E-state index in [-0.39, 0.29) is 43.4 Å². The summed E-state index contributed by atoms with van der Waals surface area (Å²) in [5.41, 5.74) is 0. The Balaban J connectivity index is -0.0000000146. The summed E-state index contributed by atoms with van der Waals surface area (Å²) in [6, 6.07) is 0. The van der Waals surface area contributed by atoms with Crippen molar-refractivity contribution in [2.45, 2.75) is 4.30 Å². The van der Waals surface area contributed by atoms with E-state index in [1.807, 2.05) is 0 Å². The number of rotatable bonds is 0. The van der Waals surface area contributed by atoms with E-state index in [9.17, 15) is 0 Å².